The maximum Gasteiger partial charge on any atom is 0.343 e. The predicted octanol–water partition coefficient (Wildman–Crippen LogP) is 4.48. The first-order valence-electron chi connectivity index (χ1n) is 8.88. The number of esters is 1. The summed E-state index contributed by atoms with van der Waals surface area (Å²) in [5, 5.41) is 9.62. The molecule has 0 spiro atoms. The van der Waals surface area contributed by atoms with Crippen LogP contribution < -0.4 is 9.47 Å². The van der Waals surface area contributed by atoms with E-state index >= 15 is 0 Å². The van der Waals surface area contributed by atoms with E-state index in [9.17, 15) is 14.4 Å². The number of halogens is 2. The largest absolute Gasteiger partial charge is 0.490 e. The van der Waals surface area contributed by atoms with Crippen molar-refractivity contribution in [3.8, 4) is 17.6 Å². The first kappa shape index (κ1) is 21.3. The molecule has 7 nitrogen and oxygen atoms in total. The molecular formula is C21H17BrFN3O4. The zero-order chi connectivity index (χ0) is 21.7. The van der Waals surface area contributed by atoms with Gasteiger partial charge < -0.3 is 19.2 Å². The van der Waals surface area contributed by atoms with E-state index in [2.05, 4.69) is 36.7 Å². The number of carbonyl (C=O) groups is 1. The zero-order valence-electron chi connectivity index (χ0n) is 16.2. The summed E-state index contributed by atoms with van der Waals surface area (Å²) in [4.78, 5) is 18.7. The van der Waals surface area contributed by atoms with Crippen LogP contribution in [0.25, 0.3) is 22.7 Å². The Hall–Kier alpha value is -3.38. The molecule has 9 heteroatoms. The number of nitrogens with one attached hydrogen (secondary N) is 1. The molecule has 30 heavy (non-hydrogen) atoms. The fraction of sp³-hybridized carbons (Fsp3) is 0.190. The van der Waals surface area contributed by atoms with Gasteiger partial charge in [0.1, 0.15) is 17.7 Å². The van der Waals surface area contributed by atoms with E-state index in [0.29, 0.717) is 45.0 Å². The number of nitrogens with zero attached hydrogens (tertiary/aromatic N) is 2. The van der Waals surface area contributed by atoms with Gasteiger partial charge >= 0.3 is 5.97 Å². The summed E-state index contributed by atoms with van der Waals surface area (Å²) >= 11 is 3.41. The number of fused-ring (bicyclic) bond motifs is 1. The second-order valence-electron chi connectivity index (χ2n) is 6.04. The van der Waals surface area contributed by atoms with Gasteiger partial charge in [-0.05, 0) is 64.8 Å². The van der Waals surface area contributed by atoms with Gasteiger partial charge in [0, 0.05) is 0 Å². The Kier molecular flexibility index (Phi) is 6.69. The number of allylic oxidation sites excluding steroid dienone is 1. The van der Waals surface area contributed by atoms with Crippen LogP contribution in [0.2, 0.25) is 0 Å². The summed E-state index contributed by atoms with van der Waals surface area (Å²) in [6, 6.07) is 9.66. The van der Waals surface area contributed by atoms with Crippen molar-refractivity contribution in [3.05, 3.63) is 52.0 Å². The quantitative estimate of drug-likeness (QED) is 0.401. The van der Waals surface area contributed by atoms with Gasteiger partial charge in [-0.15, -0.1) is 0 Å². The SMILES string of the molecule is CCOc1cc(/C=C(/C#N)c2nc3ccc(F)cc3[nH]2)cc(Br)c1OCC(=O)OC. The van der Waals surface area contributed by atoms with Crippen LogP contribution in [-0.4, -0.2) is 36.3 Å². The molecule has 0 radical (unpaired) electrons. The Balaban J connectivity index is 1.99. The topological polar surface area (TPSA) is 97.2 Å². The van der Waals surface area contributed by atoms with E-state index < -0.39 is 11.8 Å². The first-order valence-corrected chi connectivity index (χ1v) is 9.67. The number of carbonyl (C=O) groups excluding carboxylic acids is 1. The number of ether oxygens (including phenoxy) is 3. The maximum atomic E-state index is 13.4. The van der Waals surface area contributed by atoms with Crippen LogP contribution in [0.5, 0.6) is 11.5 Å². The highest BCUT2D eigenvalue weighted by Crippen LogP contribution is 2.38. The molecule has 0 aliphatic rings. The minimum Gasteiger partial charge on any atom is -0.490 e. The number of aromatic nitrogens is 2. The standard InChI is InChI=1S/C21H17BrFN3O4/c1-3-29-18-8-12(7-15(22)20(18)30-11-19(27)28-2)6-13(10-24)21-25-16-5-4-14(23)9-17(16)26-21/h4-9H,3,11H2,1-2H3,(H,25,26)/b13-6-. The second-order valence-corrected chi connectivity index (χ2v) is 6.90. The minimum atomic E-state index is -0.526. The van der Waals surface area contributed by atoms with Gasteiger partial charge in [0.05, 0.1) is 34.8 Å². The van der Waals surface area contributed by atoms with E-state index in [1.54, 1.807) is 18.2 Å². The molecule has 0 unspecified atom stereocenters. The second kappa shape index (κ2) is 9.41. The Bertz CT molecular complexity index is 1170. The summed E-state index contributed by atoms with van der Waals surface area (Å²) in [6.45, 7) is 1.91. The van der Waals surface area contributed by atoms with Crippen LogP contribution in [0, 0.1) is 17.1 Å². The fourth-order valence-corrected chi connectivity index (χ4v) is 3.27. The monoisotopic (exact) mass is 473 g/mol. The van der Waals surface area contributed by atoms with Crippen molar-refractivity contribution < 1.29 is 23.4 Å². The number of rotatable bonds is 7. The number of imidazole rings is 1. The van der Waals surface area contributed by atoms with Crippen LogP contribution in [0.4, 0.5) is 4.39 Å². The molecule has 1 aromatic heterocycles. The van der Waals surface area contributed by atoms with E-state index in [1.807, 2.05) is 6.92 Å². The number of benzene rings is 2. The van der Waals surface area contributed by atoms with Gasteiger partial charge in [0.15, 0.2) is 18.1 Å². The van der Waals surface area contributed by atoms with Gasteiger partial charge in [0.25, 0.3) is 0 Å². The third-order valence-electron chi connectivity index (χ3n) is 4.02. The van der Waals surface area contributed by atoms with Crippen molar-refractivity contribution in [1.29, 1.82) is 5.26 Å². The average Bonchev–Trinajstić information content (AvgIpc) is 3.14. The van der Waals surface area contributed by atoms with E-state index in [4.69, 9.17) is 9.47 Å². The molecule has 1 N–H and O–H groups in total. The number of hydrogen-bond acceptors (Lipinski definition) is 6. The molecule has 2 aromatic carbocycles. The summed E-state index contributed by atoms with van der Waals surface area (Å²) < 4.78 is 29.7. The molecule has 0 bridgehead atoms. The summed E-state index contributed by atoms with van der Waals surface area (Å²) in [7, 11) is 1.27. The molecule has 0 atom stereocenters. The number of nitriles is 1. The van der Waals surface area contributed by atoms with Crippen molar-refractivity contribution >= 4 is 44.6 Å². The third-order valence-corrected chi connectivity index (χ3v) is 4.61. The Morgan fingerprint density at radius 1 is 1.33 bits per heavy atom. The zero-order valence-corrected chi connectivity index (χ0v) is 17.7. The molecule has 0 aliphatic heterocycles. The Morgan fingerprint density at radius 2 is 2.13 bits per heavy atom. The maximum absolute atomic E-state index is 13.4. The van der Waals surface area contributed by atoms with E-state index in [0.717, 1.165) is 0 Å². The number of hydrogen-bond donors (Lipinski definition) is 1. The highest BCUT2D eigenvalue weighted by atomic mass is 79.9. The lowest BCUT2D eigenvalue weighted by Crippen LogP contribution is -2.13. The van der Waals surface area contributed by atoms with Gasteiger partial charge in [-0.25, -0.2) is 14.2 Å². The van der Waals surface area contributed by atoms with Crippen LogP contribution in [0.3, 0.4) is 0 Å². The van der Waals surface area contributed by atoms with Crippen LogP contribution in [0.1, 0.15) is 18.3 Å². The number of methoxy groups -OCH3 is 1. The molecule has 0 saturated carbocycles. The predicted molar refractivity (Wildman–Crippen MR) is 112 cm³/mol. The minimum absolute atomic E-state index is 0.254. The summed E-state index contributed by atoms with van der Waals surface area (Å²) in [5.74, 6) is 0.135. The lowest BCUT2D eigenvalue weighted by Gasteiger charge is -2.14. The molecule has 1 heterocycles. The molecule has 154 valence electrons. The Labute approximate surface area is 180 Å². The van der Waals surface area contributed by atoms with Gasteiger partial charge in [0.2, 0.25) is 0 Å². The smallest absolute Gasteiger partial charge is 0.343 e. The number of H-pyrrole nitrogens is 1. The molecule has 0 fully saturated rings. The van der Waals surface area contributed by atoms with Crippen molar-refractivity contribution in [2.45, 2.75) is 6.92 Å². The van der Waals surface area contributed by atoms with Gasteiger partial charge in [-0.3, -0.25) is 0 Å². The van der Waals surface area contributed by atoms with Crippen molar-refractivity contribution in [1.82, 2.24) is 9.97 Å². The highest BCUT2D eigenvalue weighted by Gasteiger charge is 2.15. The molecule has 0 saturated heterocycles. The first-order chi connectivity index (χ1) is 14.4. The normalized spacial score (nSPS) is 11.2. The lowest BCUT2D eigenvalue weighted by atomic mass is 10.1. The van der Waals surface area contributed by atoms with Crippen molar-refractivity contribution in [2.24, 2.45) is 0 Å². The molecule has 0 aliphatic carbocycles. The van der Waals surface area contributed by atoms with Crippen LogP contribution >= 0.6 is 15.9 Å². The fourth-order valence-electron chi connectivity index (χ4n) is 2.69. The summed E-state index contributed by atoms with van der Waals surface area (Å²) in [5.41, 5.74) is 1.94. The molecular weight excluding hydrogens is 457 g/mol. The van der Waals surface area contributed by atoms with E-state index in [-0.39, 0.29) is 12.2 Å². The summed E-state index contributed by atoms with van der Waals surface area (Å²) in [6.07, 6.45) is 1.62. The number of aromatic amines is 1. The van der Waals surface area contributed by atoms with Crippen LogP contribution in [-0.2, 0) is 9.53 Å². The lowest BCUT2D eigenvalue weighted by molar-refractivity contribution is -0.142. The van der Waals surface area contributed by atoms with Gasteiger partial charge in [-0.2, -0.15) is 5.26 Å². The van der Waals surface area contributed by atoms with Crippen molar-refractivity contribution in [3.63, 3.8) is 0 Å². The van der Waals surface area contributed by atoms with Crippen LogP contribution in [0.15, 0.2) is 34.8 Å². The van der Waals surface area contributed by atoms with E-state index in [1.165, 1.54) is 25.3 Å². The highest BCUT2D eigenvalue weighted by molar-refractivity contribution is 9.10. The molecule has 3 aromatic rings. The van der Waals surface area contributed by atoms with Crippen molar-refractivity contribution in [2.75, 3.05) is 20.3 Å². The average molecular weight is 474 g/mol. The third kappa shape index (κ3) is 4.78. The molecule has 3 rings (SSSR count). The molecule has 0 amide bonds. The Morgan fingerprint density at radius 3 is 2.83 bits per heavy atom. The van der Waals surface area contributed by atoms with Gasteiger partial charge in [-0.1, -0.05) is 0 Å².